The van der Waals surface area contributed by atoms with Crippen molar-refractivity contribution in [3.8, 4) is 0 Å². The van der Waals surface area contributed by atoms with Gasteiger partial charge < -0.3 is 5.11 Å². The Kier molecular flexibility index (Phi) is 6.39. The van der Waals surface area contributed by atoms with Crippen LogP contribution in [0, 0.1) is 17.8 Å². The van der Waals surface area contributed by atoms with Gasteiger partial charge in [-0.15, -0.1) is 0 Å². The molecular weight excluding hydrogens is 244 g/mol. The van der Waals surface area contributed by atoms with Crippen LogP contribution in [-0.2, 0) is 0 Å². The van der Waals surface area contributed by atoms with Crippen LogP contribution in [0.2, 0.25) is 0 Å². The summed E-state index contributed by atoms with van der Waals surface area (Å²) in [5.41, 5.74) is -0.301. The Morgan fingerprint density at radius 1 is 0.950 bits per heavy atom. The number of unbranched alkanes of at least 4 members (excludes halogenated alkanes) is 3. The third-order valence-corrected chi connectivity index (χ3v) is 5.82. The van der Waals surface area contributed by atoms with Gasteiger partial charge in [-0.25, -0.2) is 0 Å². The van der Waals surface area contributed by atoms with Crippen LogP contribution in [0.25, 0.3) is 0 Å². The van der Waals surface area contributed by atoms with Gasteiger partial charge in [0.05, 0.1) is 5.60 Å². The lowest BCUT2D eigenvalue weighted by Crippen LogP contribution is -2.42. The lowest BCUT2D eigenvalue weighted by Gasteiger charge is -2.41. The second-order valence-electron chi connectivity index (χ2n) is 7.76. The molecule has 2 unspecified atom stereocenters. The van der Waals surface area contributed by atoms with E-state index < -0.39 is 0 Å². The summed E-state index contributed by atoms with van der Waals surface area (Å²) in [6, 6.07) is 0. The van der Waals surface area contributed by atoms with E-state index in [1.165, 1.54) is 77.0 Å². The van der Waals surface area contributed by atoms with E-state index in [0.29, 0.717) is 17.8 Å². The molecule has 0 saturated heterocycles. The molecule has 2 saturated carbocycles. The number of aliphatic hydroxyl groups is 1. The average Bonchev–Trinajstić information content (AvgIpc) is 3.29. The van der Waals surface area contributed by atoms with E-state index in [4.69, 9.17) is 0 Å². The molecular formula is C19H36O. The molecule has 0 amide bonds. The zero-order valence-electron chi connectivity index (χ0n) is 13.9. The molecule has 0 aromatic heterocycles. The highest BCUT2D eigenvalue weighted by Crippen LogP contribution is 2.50. The zero-order chi connectivity index (χ0) is 14.4. The maximum Gasteiger partial charge on any atom is 0.0706 e. The van der Waals surface area contributed by atoms with Crippen molar-refractivity contribution in [1.29, 1.82) is 0 Å². The molecule has 0 spiro atoms. The van der Waals surface area contributed by atoms with Crippen molar-refractivity contribution in [3.05, 3.63) is 0 Å². The molecule has 2 fully saturated rings. The van der Waals surface area contributed by atoms with Crippen LogP contribution in [0.4, 0.5) is 0 Å². The van der Waals surface area contributed by atoms with Crippen LogP contribution in [0.3, 0.4) is 0 Å². The predicted molar refractivity (Wildman–Crippen MR) is 86.8 cm³/mol. The molecule has 2 rings (SSSR count). The molecule has 2 atom stereocenters. The molecule has 0 aliphatic heterocycles. The van der Waals surface area contributed by atoms with Gasteiger partial charge in [-0.3, -0.25) is 0 Å². The van der Waals surface area contributed by atoms with Gasteiger partial charge in [0.2, 0.25) is 0 Å². The topological polar surface area (TPSA) is 20.2 Å². The zero-order valence-corrected chi connectivity index (χ0v) is 13.9. The third kappa shape index (κ3) is 4.48. The largest absolute Gasteiger partial charge is 0.389 e. The predicted octanol–water partition coefficient (Wildman–Crippen LogP) is 5.70. The van der Waals surface area contributed by atoms with Crippen molar-refractivity contribution in [2.24, 2.45) is 17.8 Å². The van der Waals surface area contributed by atoms with Crippen LogP contribution in [0.15, 0.2) is 0 Å². The van der Waals surface area contributed by atoms with E-state index in [9.17, 15) is 5.11 Å². The Morgan fingerprint density at radius 3 is 2.20 bits per heavy atom. The summed E-state index contributed by atoms with van der Waals surface area (Å²) in [4.78, 5) is 0. The van der Waals surface area contributed by atoms with Crippen molar-refractivity contribution in [1.82, 2.24) is 0 Å². The molecule has 0 radical (unpaired) electrons. The first kappa shape index (κ1) is 16.3. The molecule has 0 bridgehead atoms. The molecule has 2 aliphatic carbocycles. The van der Waals surface area contributed by atoms with Crippen LogP contribution in [-0.4, -0.2) is 10.7 Å². The van der Waals surface area contributed by atoms with Crippen molar-refractivity contribution in [2.75, 3.05) is 0 Å². The Hall–Kier alpha value is -0.0400. The molecule has 0 aromatic carbocycles. The second-order valence-corrected chi connectivity index (χ2v) is 7.76. The van der Waals surface area contributed by atoms with E-state index in [1.54, 1.807) is 0 Å². The fourth-order valence-corrected chi connectivity index (χ4v) is 4.43. The molecule has 20 heavy (non-hydrogen) atoms. The Morgan fingerprint density at radius 2 is 1.60 bits per heavy atom. The first-order chi connectivity index (χ1) is 9.66. The minimum atomic E-state index is -0.301. The summed E-state index contributed by atoms with van der Waals surface area (Å²) in [5, 5.41) is 11.3. The first-order valence-corrected chi connectivity index (χ1v) is 9.39. The summed E-state index contributed by atoms with van der Waals surface area (Å²) in [6.45, 7) is 4.65. The quantitative estimate of drug-likeness (QED) is 0.537. The normalized spacial score (nSPS) is 25.4. The molecule has 118 valence electrons. The maximum atomic E-state index is 11.3. The Bertz CT molecular complexity index is 265. The molecule has 1 nitrogen and oxygen atoms in total. The average molecular weight is 280 g/mol. The monoisotopic (exact) mass is 280 g/mol. The highest BCUT2D eigenvalue weighted by molar-refractivity contribution is 5.00. The fraction of sp³-hybridized carbons (Fsp3) is 1.00. The SMILES string of the molecule is CCCCCCC(C)CC(O)(C1CCCCC1)C1CC1. The molecule has 1 N–H and O–H groups in total. The van der Waals surface area contributed by atoms with E-state index >= 15 is 0 Å². The molecule has 0 heterocycles. The maximum absolute atomic E-state index is 11.3. The minimum absolute atomic E-state index is 0.301. The summed E-state index contributed by atoms with van der Waals surface area (Å²) >= 11 is 0. The van der Waals surface area contributed by atoms with E-state index in [1.807, 2.05) is 0 Å². The van der Waals surface area contributed by atoms with Crippen LogP contribution < -0.4 is 0 Å². The number of hydrogen-bond donors (Lipinski definition) is 1. The standard InChI is InChI=1S/C19H36O/c1-3-4-5-7-10-16(2)15-19(20,18-13-14-18)17-11-8-6-9-12-17/h16-18,20H,3-15H2,1-2H3. The van der Waals surface area contributed by atoms with Crippen molar-refractivity contribution >= 4 is 0 Å². The summed E-state index contributed by atoms with van der Waals surface area (Å²) in [7, 11) is 0. The van der Waals surface area contributed by atoms with E-state index in [0.717, 1.165) is 6.42 Å². The van der Waals surface area contributed by atoms with Crippen LogP contribution in [0.1, 0.15) is 97.3 Å². The van der Waals surface area contributed by atoms with Crippen molar-refractivity contribution in [2.45, 2.75) is 103 Å². The molecule has 0 aromatic rings. The minimum Gasteiger partial charge on any atom is -0.389 e. The van der Waals surface area contributed by atoms with Gasteiger partial charge in [0.15, 0.2) is 0 Å². The highest BCUT2D eigenvalue weighted by Gasteiger charge is 2.49. The van der Waals surface area contributed by atoms with Gasteiger partial charge >= 0.3 is 0 Å². The van der Waals surface area contributed by atoms with Crippen molar-refractivity contribution in [3.63, 3.8) is 0 Å². The lowest BCUT2D eigenvalue weighted by molar-refractivity contribution is -0.0697. The van der Waals surface area contributed by atoms with Gasteiger partial charge in [0.1, 0.15) is 0 Å². The van der Waals surface area contributed by atoms with Gasteiger partial charge in [0.25, 0.3) is 0 Å². The summed E-state index contributed by atoms with van der Waals surface area (Å²) < 4.78 is 0. The summed E-state index contributed by atoms with van der Waals surface area (Å²) in [5.74, 6) is 1.96. The Balaban J connectivity index is 1.81. The van der Waals surface area contributed by atoms with Crippen LogP contribution >= 0.6 is 0 Å². The van der Waals surface area contributed by atoms with Gasteiger partial charge in [-0.1, -0.05) is 65.2 Å². The second kappa shape index (κ2) is 7.82. The first-order valence-electron chi connectivity index (χ1n) is 9.39. The van der Waals surface area contributed by atoms with E-state index in [-0.39, 0.29) is 5.60 Å². The number of hydrogen-bond acceptors (Lipinski definition) is 1. The van der Waals surface area contributed by atoms with Gasteiger partial charge in [-0.05, 0) is 49.9 Å². The highest BCUT2D eigenvalue weighted by atomic mass is 16.3. The Labute approximate surface area is 126 Å². The van der Waals surface area contributed by atoms with E-state index in [2.05, 4.69) is 13.8 Å². The molecule has 1 heteroatoms. The van der Waals surface area contributed by atoms with Crippen LogP contribution in [0.5, 0.6) is 0 Å². The van der Waals surface area contributed by atoms with Gasteiger partial charge in [0, 0.05) is 0 Å². The van der Waals surface area contributed by atoms with Crippen molar-refractivity contribution < 1.29 is 5.11 Å². The molecule has 2 aliphatic rings. The number of rotatable bonds is 9. The summed E-state index contributed by atoms with van der Waals surface area (Å²) in [6.07, 6.45) is 17.1. The lowest BCUT2D eigenvalue weighted by atomic mass is 9.70. The smallest absolute Gasteiger partial charge is 0.0706 e. The fourth-order valence-electron chi connectivity index (χ4n) is 4.43. The van der Waals surface area contributed by atoms with Gasteiger partial charge in [-0.2, -0.15) is 0 Å². The third-order valence-electron chi connectivity index (χ3n) is 5.82.